The van der Waals surface area contributed by atoms with Gasteiger partial charge in [-0.3, -0.25) is 0 Å². The molecule has 0 aliphatic carbocycles. The average molecular weight is 613 g/mol. The molecule has 0 aliphatic rings. The molecule has 0 saturated heterocycles. The Kier molecular flexibility index (Phi) is 6.76. The van der Waals surface area contributed by atoms with Crippen LogP contribution in [0.5, 0.6) is 0 Å². The van der Waals surface area contributed by atoms with Crippen molar-refractivity contribution in [1.82, 2.24) is 19.9 Å². The van der Waals surface area contributed by atoms with Gasteiger partial charge in [0.2, 0.25) is 0 Å². The van der Waals surface area contributed by atoms with Gasteiger partial charge in [0.15, 0.2) is 17.5 Å². The van der Waals surface area contributed by atoms with E-state index in [-0.39, 0.29) is 0 Å². The van der Waals surface area contributed by atoms with Crippen molar-refractivity contribution in [2.45, 2.75) is 0 Å². The van der Waals surface area contributed by atoms with E-state index < -0.39 is 0 Å². The number of benzene rings is 7. The summed E-state index contributed by atoms with van der Waals surface area (Å²) in [6.07, 6.45) is 0. The first kappa shape index (κ1) is 27.8. The third-order valence-corrected chi connectivity index (χ3v) is 8.86. The summed E-state index contributed by atoms with van der Waals surface area (Å²) >= 11 is 0. The summed E-state index contributed by atoms with van der Waals surface area (Å²) in [6.45, 7) is 0. The van der Waals surface area contributed by atoms with Gasteiger partial charge in [0.05, 0.1) is 11.2 Å². The molecule has 0 aliphatic heterocycles. The number of fused-ring (bicyclic) bond motifs is 4. The number of rotatable bonds is 5. The second-order valence-electron chi connectivity index (χ2n) is 11.9. The Morgan fingerprint density at radius 1 is 0.271 bits per heavy atom. The third-order valence-electron chi connectivity index (χ3n) is 8.86. The van der Waals surface area contributed by atoms with Crippen LogP contribution in [-0.4, -0.2) is 19.9 Å². The maximum absolute atomic E-state index is 5.27. The van der Waals surface area contributed by atoms with E-state index in [1.54, 1.807) is 0 Å². The highest BCUT2D eigenvalue weighted by atomic mass is 15.0. The normalized spacial score (nSPS) is 11.3. The zero-order chi connectivity index (χ0) is 31.9. The van der Waals surface area contributed by atoms with Gasteiger partial charge in [0, 0.05) is 33.0 Å². The molecule has 4 nitrogen and oxygen atoms in total. The second-order valence-corrected chi connectivity index (χ2v) is 11.9. The van der Waals surface area contributed by atoms with Gasteiger partial charge in [-0.15, -0.1) is 0 Å². The largest absolute Gasteiger partial charge is 0.247 e. The van der Waals surface area contributed by atoms with Gasteiger partial charge >= 0.3 is 0 Å². The summed E-state index contributed by atoms with van der Waals surface area (Å²) in [5, 5.41) is 5.81. The van der Waals surface area contributed by atoms with Crippen LogP contribution in [0.25, 0.3) is 89.0 Å². The molecule has 0 bridgehead atoms. The molecule has 0 unspecified atom stereocenters. The lowest BCUT2D eigenvalue weighted by atomic mass is 9.94. The molecule has 0 atom stereocenters. The Balaban J connectivity index is 1.33. The number of hydrogen-bond donors (Lipinski definition) is 0. The lowest BCUT2D eigenvalue weighted by molar-refractivity contribution is 1.07. The van der Waals surface area contributed by atoms with Crippen molar-refractivity contribution in [2.24, 2.45) is 0 Å². The number of hydrogen-bond acceptors (Lipinski definition) is 4. The molecule has 48 heavy (non-hydrogen) atoms. The second kappa shape index (κ2) is 11.7. The fraction of sp³-hybridized carbons (Fsp3) is 0. The first-order valence-electron chi connectivity index (χ1n) is 16.1. The molecule has 0 N–H and O–H groups in total. The number of aromatic nitrogens is 4. The van der Waals surface area contributed by atoms with Crippen molar-refractivity contribution in [1.29, 1.82) is 0 Å². The lowest BCUT2D eigenvalue weighted by Gasteiger charge is -2.14. The molecular weight excluding hydrogens is 585 g/mol. The van der Waals surface area contributed by atoms with Crippen LogP contribution >= 0.6 is 0 Å². The molecule has 0 amide bonds. The molecule has 2 heterocycles. The van der Waals surface area contributed by atoms with Crippen molar-refractivity contribution in [3.05, 3.63) is 170 Å². The summed E-state index contributed by atoms with van der Waals surface area (Å²) in [4.78, 5) is 20.4. The zero-order valence-corrected chi connectivity index (χ0v) is 26.0. The zero-order valence-electron chi connectivity index (χ0n) is 26.0. The molecule has 0 saturated carbocycles. The highest BCUT2D eigenvalue weighted by Crippen LogP contribution is 2.38. The predicted octanol–water partition coefficient (Wildman–Crippen LogP) is 11.1. The van der Waals surface area contributed by atoms with Crippen molar-refractivity contribution >= 4 is 32.4 Å². The Morgan fingerprint density at radius 3 is 1.50 bits per heavy atom. The third kappa shape index (κ3) is 5.06. The SMILES string of the molecule is c1ccc(-c2nc(-c3ccccc3)nc(-c3cc(-c4ccc5ccccc5c4)cc(-c4nc5ccccc5c5ccccc45)c3)n2)cc1. The van der Waals surface area contributed by atoms with E-state index in [0.29, 0.717) is 17.5 Å². The van der Waals surface area contributed by atoms with E-state index in [4.69, 9.17) is 19.9 Å². The van der Waals surface area contributed by atoms with E-state index in [0.717, 1.165) is 55.4 Å². The maximum Gasteiger partial charge on any atom is 0.164 e. The Hall–Kier alpha value is -6.52. The maximum atomic E-state index is 5.27. The van der Waals surface area contributed by atoms with Crippen molar-refractivity contribution in [3.8, 4) is 56.5 Å². The minimum absolute atomic E-state index is 0.608. The molecule has 0 radical (unpaired) electrons. The van der Waals surface area contributed by atoms with Gasteiger partial charge in [0.25, 0.3) is 0 Å². The van der Waals surface area contributed by atoms with Crippen LogP contribution < -0.4 is 0 Å². The summed E-state index contributed by atoms with van der Waals surface area (Å²) in [7, 11) is 0. The van der Waals surface area contributed by atoms with Gasteiger partial charge in [-0.05, 0) is 57.6 Å². The molecule has 224 valence electrons. The van der Waals surface area contributed by atoms with Crippen LogP contribution in [0, 0.1) is 0 Å². The van der Waals surface area contributed by atoms with Crippen LogP contribution in [-0.2, 0) is 0 Å². The van der Waals surface area contributed by atoms with Crippen molar-refractivity contribution in [2.75, 3.05) is 0 Å². The smallest absolute Gasteiger partial charge is 0.164 e. The Morgan fingerprint density at radius 2 is 0.792 bits per heavy atom. The monoisotopic (exact) mass is 612 g/mol. The van der Waals surface area contributed by atoms with Gasteiger partial charge in [-0.25, -0.2) is 19.9 Å². The van der Waals surface area contributed by atoms with E-state index in [1.165, 1.54) is 16.2 Å². The molecular formula is C44H28N4. The van der Waals surface area contributed by atoms with Gasteiger partial charge in [-0.2, -0.15) is 0 Å². The van der Waals surface area contributed by atoms with Crippen LogP contribution in [0.1, 0.15) is 0 Å². The van der Waals surface area contributed by atoms with Crippen LogP contribution in [0.15, 0.2) is 170 Å². The molecule has 2 aromatic heterocycles. The Labute approximate surface area is 278 Å². The predicted molar refractivity (Wildman–Crippen MR) is 197 cm³/mol. The highest BCUT2D eigenvalue weighted by Gasteiger charge is 2.17. The summed E-state index contributed by atoms with van der Waals surface area (Å²) < 4.78 is 0. The number of pyridine rings is 1. The first-order valence-corrected chi connectivity index (χ1v) is 16.1. The fourth-order valence-electron chi connectivity index (χ4n) is 6.49. The quantitative estimate of drug-likeness (QED) is 0.181. The van der Waals surface area contributed by atoms with Crippen molar-refractivity contribution < 1.29 is 0 Å². The molecule has 4 heteroatoms. The minimum atomic E-state index is 0.608. The van der Waals surface area contributed by atoms with Crippen LogP contribution in [0.3, 0.4) is 0 Å². The molecule has 9 aromatic rings. The molecule has 0 fully saturated rings. The highest BCUT2D eigenvalue weighted by molar-refractivity contribution is 6.11. The molecule has 9 rings (SSSR count). The molecule has 0 spiro atoms. The standard InChI is InChI=1S/C44H28N4/c1-3-14-30(15-4-1)42-46-43(31-16-5-2-6-17-31)48-44(47-42)36-27-34(33-24-23-29-13-7-8-18-32(29)25-33)26-35(28-36)41-39-21-10-9-19-37(39)38-20-11-12-22-40(38)45-41/h1-28H. The Bertz CT molecular complexity index is 2560. The minimum Gasteiger partial charge on any atom is -0.247 e. The summed E-state index contributed by atoms with van der Waals surface area (Å²) in [5.74, 6) is 1.87. The van der Waals surface area contributed by atoms with E-state index in [9.17, 15) is 0 Å². The lowest BCUT2D eigenvalue weighted by Crippen LogP contribution is -2.00. The molecule has 7 aromatic carbocycles. The fourth-order valence-corrected chi connectivity index (χ4v) is 6.49. The van der Waals surface area contributed by atoms with E-state index >= 15 is 0 Å². The van der Waals surface area contributed by atoms with Gasteiger partial charge in [-0.1, -0.05) is 140 Å². The topological polar surface area (TPSA) is 51.6 Å². The number of para-hydroxylation sites is 1. The average Bonchev–Trinajstić information content (AvgIpc) is 3.17. The van der Waals surface area contributed by atoms with E-state index in [1.807, 2.05) is 66.7 Å². The first-order chi connectivity index (χ1) is 23.8. The summed E-state index contributed by atoms with van der Waals surface area (Å²) in [5.41, 5.74) is 7.83. The van der Waals surface area contributed by atoms with E-state index in [2.05, 4.69) is 103 Å². The van der Waals surface area contributed by atoms with Gasteiger partial charge in [0.1, 0.15) is 0 Å². The van der Waals surface area contributed by atoms with Crippen LogP contribution in [0.4, 0.5) is 0 Å². The summed E-state index contributed by atoms with van der Waals surface area (Å²) in [6, 6.07) is 58.8. The van der Waals surface area contributed by atoms with Crippen LogP contribution in [0.2, 0.25) is 0 Å². The number of nitrogens with zero attached hydrogens (tertiary/aromatic N) is 4. The van der Waals surface area contributed by atoms with Gasteiger partial charge < -0.3 is 0 Å². The van der Waals surface area contributed by atoms with Crippen molar-refractivity contribution in [3.63, 3.8) is 0 Å².